The Morgan fingerprint density at radius 1 is 1.42 bits per heavy atom. The van der Waals surface area contributed by atoms with Gasteiger partial charge in [-0.15, -0.1) is 4.99 Å². The van der Waals surface area contributed by atoms with Crippen molar-refractivity contribution in [3.63, 3.8) is 0 Å². The minimum Gasteiger partial charge on any atom is -0.485 e. The van der Waals surface area contributed by atoms with Crippen LogP contribution in [-0.2, 0) is 0 Å². The second-order valence-electron chi connectivity index (χ2n) is 6.80. The molecule has 0 saturated carbocycles. The van der Waals surface area contributed by atoms with E-state index in [0.29, 0.717) is 47.0 Å². The quantitative estimate of drug-likeness (QED) is 0.640. The molecule has 1 fully saturated rings. The highest BCUT2D eigenvalue weighted by atomic mass is 32.2. The summed E-state index contributed by atoms with van der Waals surface area (Å²) in [7, 11) is 1.82. The molecule has 1 saturated heterocycles. The molecule has 0 radical (unpaired) electrons. The number of guanidine groups is 1. The number of benzene rings is 1. The molecule has 1 aromatic carbocycles. The zero-order valence-electron chi connectivity index (χ0n) is 14.7. The van der Waals surface area contributed by atoms with Gasteiger partial charge in [-0.1, -0.05) is 11.8 Å². The number of fused-ring (bicyclic) bond motifs is 1. The molecule has 2 atom stereocenters. The lowest BCUT2D eigenvalue weighted by atomic mass is 9.85. The van der Waals surface area contributed by atoms with Crippen LogP contribution in [0.1, 0.15) is 25.5 Å². The summed E-state index contributed by atoms with van der Waals surface area (Å²) in [5, 5.41) is 20.0. The van der Waals surface area contributed by atoms with Crippen molar-refractivity contribution in [1.82, 2.24) is 9.80 Å². The highest BCUT2D eigenvalue weighted by Crippen LogP contribution is 2.45. The fraction of sp³-hybridized carbons (Fsp3) is 0.529. The summed E-state index contributed by atoms with van der Waals surface area (Å²) in [6, 6.07) is 4.31. The van der Waals surface area contributed by atoms with Crippen LogP contribution in [0.4, 0.5) is 8.78 Å². The Bertz CT molecular complexity index is 766. The van der Waals surface area contributed by atoms with Crippen molar-refractivity contribution in [2.45, 2.75) is 42.2 Å². The largest absolute Gasteiger partial charge is 0.485 e. The molecule has 0 aromatic heterocycles. The van der Waals surface area contributed by atoms with Crippen LogP contribution in [0.5, 0.6) is 5.75 Å². The Kier molecular flexibility index (Phi) is 4.99. The molecule has 0 spiro atoms. The summed E-state index contributed by atoms with van der Waals surface area (Å²) in [5.74, 6) is -1.55. The highest BCUT2D eigenvalue weighted by Gasteiger charge is 2.48. The van der Waals surface area contributed by atoms with Crippen molar-refractivity contribution < 1.29 is 18.6 Å². The number of aliphatic imine (C=N–C) groups is 1. The van der Waals surface area contributed by atoms with Gasteiger partial charge in [0, 0.05) is 30.6 Å². The first-order chi connectivity index (χ1) is 12.2. The molecule has 0 aliphatic carbocycles. The second-order valence-corrected chi connectivity index (χ2v) is 7.86. The molecule has 3 rings (SSSR count). The molecular weight excluding hydrogens is 362 g/mol. The van der Waals surface area contributed by atoms with Crippen molar-refractivity contribution in [2.24, 2.45) is 4.99 Å². The number of halogens is 2. The van der Waals surface area contributed by atoms with E-state index in [1.807, 2.05) is 16.8 Å². The topological polar surface area (TPSA) is 72.1 Å². The van der Waals surface area contributed by atoms with Gasteiger partial charge in [-0.25, -0.2) is 0 Å². The van der Waals surface area contributed by atoms with E-state index >= 15 is 0 Å². The number of ether oxygens (including phenoxy) is 1. The fourth-order valence-electron chi connectivity index (χ4n) is 3.39. The van der Waals surface area contributed by atoms with E-state index < -0.39 is 23.5 Å². The van der Waals surface area contributed by atoms with Crippen molar-refractivity contribution in [2.75, 3.05) is 20.1 Å². The van der Waals surface area contributed by atoms with E-state index in [-0.39, 0.29) is 0 Å². The van der Waals surface area contributed by atoms with Gasteiger partial charge in [0.15, 0.2) is 0 Å². The fourth-order valence-corrected chi connectivity index (χ4v) is 3.94. The number of alkyl halides is 2. The first-order valence-corrected chi connectivity index (χ1v) is 9.03. The first-order valence-electron chi connectivity index (χ1n) is 8.15. The summed E-state index contributed by atoms with van der Waals surface area (Å²) in [5.41, 5.74) is -0.267. The molecule has 2 aliphatic rings. The van der Waals surface area contributed by atoms with Crippen molar-refractivity contribution in [1.29, 1.82) is 5.26 Å². The van der Waals surface area contributed by atoms with E-state index in [0.717, 1.165) is 0 Å². The van der Waals surface area contributed by atoms with E-state index in [1.54, 1.807) is 38.2 Å². The number of hydrogen-bond donors (Lipinski definition) is 1. The lowest BCUT2D eigenvalue weighted by Gasteiger charge is -2.45. The maximum atomic E-state index is 12.8. The predicted octanol–water partition coefficient (Wildman–Crippen LogP) is 2.66. The molecule has 26 heavy (non-hydrogen) atoms. The Morgan fingerprint density at radius 3 is 2.81 bits per heavy atom. The number of thioether (sulfide) groups is 1. The molecule has 0 unspecified atom stereocenters. The summed E-state index contributed by atoms with van der Waals surface area (Å²) in [6.07, 6.45) is 0.861. The van der Waals surface area contributed by atoms with Crippen LogP contribution in [0.15, 0.2) is 28.1 Å². The number of aliphatic hydroxyl groups is 1. The van der Waals surface area contributed by atoms with Gasteiger partial charge in [-0.2, -0.15) is 14.0 Å². The number of rotatable bonds is 3. The third-order valence-electron chi connectivity index (χ3n) is 4.67. The standard InChI is InChI=1S/C17H20F2N4O2S/c1-17(2)14(24)13(23-7-6-22(3)16(23)21-9-20)11-8-10(26-15(18)19)4-5-12(11)25-17/h4-5,8,13-15,24H,6-7H2,1-3H3/t13-,14+/m0/s1. The Labute approximate surface area is 155 Å². The Balaban J connectivity index is 2.09. The minimum absolute atomic E-state index is 0.394. The van der Waals surface area contributed by atoms with Crippen LogP contribution >= 0.6 is 11.8 Å². The van der Waals surface area contributed by atoms with E-state index in [9.17, 15) is 13.9 Å². The van der Waals surface area contributed by atoms with Gasteiger partial charge >= 0.3 is 0 Å². The Hall–Kier alpha value is -2.05. The van der Waals surface area contributed by atoms with E-state index in [4.69, 9.17) is 10.00 Å². The monoisotopic (exact) mass is 382 g/mol. The molecule has 0 bridgehead atoms. The van der Waals surface area contributed by atoms with Gasteiger partial charge < -0.3 is 19.6 Å². The molecule has 6 nitrogen and oxygen atoms in total. The number of nitrogens with zero attached hydrogens (tertiary/aromatic N) is 4. The predicted molar refractivity (Wildman–Crippen MR) is 94.1 cm³/mol. The van der Waals surface area contributed by atoms with Crippen LogP contribution in [0, 0.1) is 11.5 Å². The average molecular weight is 382 g/mol. The molecule has 2 aliphatic heterocycles. The lowest BCUT2D eigenvalue weighted by molar-refractivity contribution is -0.0802. The molecule has 2 heterocycles. The van der Waals surface area contributed by atoms with Gasteiger partial charge in [0.25, 0.3) is 5.76 Å². The van der Waals surface area contributed by atoms with Crippen LogP contribution < -0.4 is 4.74 Å². The van der Waals surface area contributed by atoms with Crippen LogP contribution in [0.2, 0.25) is 0 Å². The van der Waals surface area contributed by atoms with Crippen LogP contribution in [0.3, 0.4) is 0 Å². The summed E-state index contributed by atoms with van der Waals surface area (Å²) < 4.78 is 31.5. The highest BCUT2D eigenvalue weighted by molar-refractivity contribution is 7.99. The summed E-state index contributed by atoms with van der Waals surface area (Å²) >= 11 is 0.447. The zero-order valence-corrected chi connectivity index (χ0v) is 15.5. The van der Waals surface area contributed by atoms with Crippen molar-refractivity contribution in [3.8, 4) is 11.9 Å². The van der Waals surface area contributed by atoms with Gasteiger partial charge in [-0.3, -0.25) is 0 Å². The van der Waals surface area contributed by atoms with Gasteiger partial charge in [0.2, 0.25) is 12.2 Å². The molecule has 1 N–H and O–H groups in total. The van der Waals surface area contributed by atoms with Gasteiger partial charge in [0.1, 0.15) is 17.5 Å². The Morgan fingerprint density at radius 2 is 2.15 bits per heavy atom. The van der Waals surface area contributed by atoms with E-state index in [2.05, 4.69) is 4.99 Å². The smallest absolute Gasteiger partial charge is 0.288 e. The summed E-state index contributed by atoms with van der Waals surface area (Å²) in [4.78, 5) is 7.95. The van der Waals surface area contributed by atoms with Crippen LogP contribution in [-0.4, -0.2) is 58.5 Å². The first kappa shape index (κ1) is 18.7. The van der Waals surface area contributed by atoms with Crippen molar-refractivity contribution in [3.05, 3.63) is 23.8 Å². The maximum absolute atomic E-state index is 12.8. The van der Waals surface area contributed by atoms with Crippen molar-refractivity contribution >= 4 is 17.7 Å². The molecular formula is C17H20F2N4O2S. The van der Waals surface area contributed by atoms with Crippen LogP contribution in [0.25, 0.3) is 0 Å². The molecule has 0 amide bonds. The van der Waals surface area contributed by atoms with Gasteiger partial charge in [0.05, 0.1) is 6.04 Å². The molecule has 1 aromatic rings. The van der Waals surface area contributed by atoms with Gasteiger partial charge in [-0.05, 0) is 32.0 Å². The summed E-state index contributed by atoms with van der Waals surface area (Å²) in [6.45, 7) is 4.75. The zero-order chi connectivity index (χ0) is 19.1. The second kappa shape index (κ2) is 6.93. The number of aliphatic hydroxyl groups excluding tert-OH is 1. The lowest BCUT2D eigenvalue weighted by Crippen LogP contribution is -2.54. The third kappa shape index (κ3) is 3.31. The maximum Gasteiger partial charge on any atom is 0.288 e. The normalized spacial score (nSPS) is 26.0. The number of likely N-dealkylation sites (N-methyl/N-ethyl adjacent to an activating group) is 1. The number of nitriles is 1. The SMILES string of the molecule is CN1CCN([C@H]2c3cc(SC(F)F)ccc3OC(C)(C)[C@@H]2O)C1=NC#N. The third-order valence-corrected chi connectivity index (χ3v) is 5.37. The van der Waals surface area contributed by atoms with E-state index in [1.165, 1.54) is 0 Å². The molecule has 9 heteroatoms. The molecule has 140 valence electrons. The average Bonchev–Trinajstić information content (AvgIpc) is 2.90. The minimum atomic E-state index is -2.54. The number of hydrogen-bond acceptors (Lipinski definition) is 5.